The maximum atomic E-state index is 13.1. The molecule has 1 rings (SSSR count). The van der Waals surface area contributed by atoms with E-state index < -0.39 is 29.1 Å². The van der Waals surface area contributed by atoms with Crippen molar-refractivity contribution in [2.45, 2.75) is 51.3 Å². The van der Waals surface area contributed by atoms with Gasteiger partial charge in [0, 0.05) is 7.11 Å². The van der Waals surface area contributed by atoms with Gasteiger partial charge < -0.3 is 9.84 Å². The Balaban J connectivity index is 2.99. The number of methoxy groups -OCH3 is 1. The molecule has 0 aromatic carbocycles. The first kappa shape index (κ1) is 15.3. The predicted octanol–water partition coefficient (Wildman–Crippen LogP) is 3.23. The number of carboxylic acids is 1. The van der Waals surface area contributed by atoms with E-state index in [0.29, 0.717) is 12.8 Å². The third-order valence-electron chi connectivity index (χ3n) is 4.19. The molecule has 1 aliphatic rings. The Kier molecular flexibility index (Phi) is 4.00. The molecule has 106 valence electrons. The summed E-state index contributed by atoms with van der Waals surface area (Å²) in [5, 5.41) is 9.12. The summed E-state index contributed by atoms with van der Waals surface area (Å²) in [5.41, 5.74) is -3.36. The molecular weight excluding hydrogens is 249 g/mol. The van der Waals surface area contributed by atoms with Crippen LogP contribution in [-0.2, 0) is 9.53 Å². The van der Waals surface area contributed by atoms with Crippen molar-refractivity contribution < 1.29 is 27.8 Å². The largest absolute Gasteiger partial charge is 0.481 e. The Morgan fingerprint density at radius 3 is 2.33 bits per heavy atom. The van der Waals surface area contributed by atoms with Crippen molar-refractivity contribution in [3.63, 3.8) is 0 Å². The quantitative estimate of drug-likeness (QED) is 0.854. The van der Waals surface area contributed by atoms with Crippen LogP contribution in [-0.4, -0.2) is 30.0 Å². The van der Waals surface area contributed by atoms with E-state index in [9.17, 15) is 18.0 Å². The smallest absolute Gasteiger partial charge is 0.417 e. The second-order valence-corrected chi connectivity index (χ2v) is 5.52. The van der Waals surface area contributed by atoms with Crippen molar-refractivity contribution in [1.29, 1.82) is 0 Å². The number of carboxylic acid groups (broad SMARTS) is 1. The second-order valence-electron chi connectivity index (χ2n) is 5.52. The fraction of sp³-hybridized carbons (Fsp3) is 0.917. The van der Waals surface area contributed by atoms with E-state index in [2.05, 4.69) is 0 Å². The summed E-state index contributed by atoms with van der Waals surface area (Å²) >= 11 is 0. The Bertz CT molecular complexity index is 325. The molecule has 0 saturated heterocycles. The minimum Gasteiger partial charge on any atom is -0.481 e. The molecule has 1 fully saturated rings. The molecule has 0 spiro atoms. The molecule has 1 saturated carbocycles. The Labute approximate surface area is 104 Å². The van der Waals surface area contributed by atoms with Gasteiger partial charge in [-0.15, -0.1) is 0 Å². The van der Waals surface area contributed by atoms with Crippen LogP contribution < -0.4 is 0 Å². The van der Waals surface area contributed by atoms with E-state index in [4.69, 9.17) is 9.84 Å². The van der Waals surface area contributed by atoms with Gasteiger partial charge in [-0.2, -0.15) is 13.2 Å². The average Bonchev–Trinajstić information content (AvgIpc) is 2.27. The summed E-state index contributed by atoms with van der Waals surface area (Å²) in [5.74, 6) is -1.60. The average molecular weight is 268 g/mol. The van der Waals surface area contributed by atoms with Crippen LogP contribution >= 0.6 is 0 Å². The molecule has 0 amide bonds. The standard InChI is InChI=1S/C12H19F3O3/c1-10(2,9(16)17)8-5-4-6-11(7-8,18-3)12(13,14)15/h8H,4-7H2,1-3H3,(H,16,17). The molecule has 1 N–H and O–H groups in total. The molecule has 0 aromatic rings. The van der Waals surface area contributed by atoms with Crippen molar-refractivity contribution in [3.05, 3.63) is 0 Å². The summed E-state index contributed by atoms with van der Waals surface area (Å²) in [6.45, 7) is 2.95. The van der Waals surface area contributed by atoms with Gasteiger partial charge in [-0.25, -0.2) is 0 Å². The van der Waals surface area contributed by atoms with Gasteiger partial charge >= 0.3 is 12.1 Å². The highest BCUT2D eigenvalue weighted by atomic mass is 19.4. The summed E-state index contributed by atoms with van der Waals surface area (Å²) < 4.78 is 44.0. The van der Waals surface area contributed by atoms with Gasteiger partial charge in [0.25, 0.3) is 0 Å². The fourth-order valence-corrected chi connectivity index (χ4v) is 2.59. The van der Waals surface area contributed by atoms with Crippen LogP contribution in [0, 0.1) is 11.3 Å². The molecule has 2 atom stereocenters. The van der Waals surface area contributed by atoms with Gasteiger partial charge in [0.1, 0.15) is 0 Å². The highest BCUT2D eigenvalue weighted by molar-refractivity contribution is 5.74. The maximum Gasteiger partial charge on any atom is 0.417 e. The zero-order chi connectivity index (χ0) is 14.2. The fourth-order valence-electron chi connectivity index (χ4n) is 2.59. The van der Waals surface area contributed by atoms with Crippen molar-refractivity contribution in [1.82, 2.24) is 0 Å². The first-order chi connectivity index (χ1) is 8.07. The molecule has 6 heteroatoms. The Morgan fingerprint density at radius 2 is 1.94 bits per heavy atom. The lowest BCUT2D eigenvalue weighted by molar-refractivity contribution is -0.287. The first-order valence-corrected chi connectivity index (χ1v) is 5.92. The molecule has 18 heavy (non-hydrogen) atoms. The van der Waals surface area contributed by atoms with Gasteiger partial charge in [-0.3, -0.25) is 4.79 Å². The number of hydrogen-bond donors (Lipinski definition) is 1. The molecule has 3 nitrogen and oxygen atoms in total. The summed E-state index contributed by atoms with van der Waals surface area (Å²) in [7, 11) is 1.05. The van der Waals surface area contributed by atoms with Crippen molar-refractivity contribution in [2.75, 3.05) is 7.11 Å². The van der Waals surface area contributed by atoms with E-state index in [0.717, 1.165) is 7.11 Å². The van der Waals surface area contributed by atoms with Gasteiger partial charge in [0.2, 0.25) is 0 Å². The highest BCUT2D eigenvalue weighted by Crippen LogP contribution is 2.50. The van der Waals surface area contributed by atoms with Gasteiger partial charge in [-0.05, 0) is 45.4 Å². The van der Waals surface area contributed by atoms with Crippen LogP contribution in [0.5, 0.6) is 0 Å². The van der Waals surface area contributed by atoms with Crippen LogP contribution in [0.4, 0.5) is 13.2 Å². The van der Waals surface area contributed by atoms with E-state index in [1.807, 2.05) is 0 Å². The second kappa shape index (κ2) is 4.72. The van der Waals surface area contributed by atoms with Gasteiger partial charge in [0.15, 0.2) is 5.60 Å². The Hall–Kier alpha value is -0.780. The lowest BCUT2D eigenvalue weighted by Crippen LogP contribution is -2.53. The zero-order valence-electron chi connectivity index (χ0n) is 10.8. The minimum absolute atomic E-state index is 0.0980. The van der Waals surface area contributed by atoms with E-state index in [1.165, 1.54) is 13.8 Å². The molecule has 1 aliphatic carbocycles. The number of halogens is 3. The lowest BCUT2D eigenvalue weighted by Gasteiger charge is -2.44. The monoisotopic (exact) mass is 268 g/mol. The van der Waals surface area contributed by atoms with E-state index in [1.54, 1.807) is 0 Å². The predicted molar refractivity (Wildman–Crippen MR) is 59.2 cm³/mol. The number of aliphatic carboxylic acids is 1. The highest BCUT2D eigenvalue weighted by Gasteiger charge is 2.59. The van der Waals surface area contributed by atoms with Crippen LogP contribution in [0.1, 0.15) is 39.5 Å². The molecular formula is C12H19F3O3. The molecule has 0 aliphatic heterocycles. The van der Waals surface area contributed by atoms with Gasteiger partial charge in [-0.1, -0.05) is 0 Å². The third kappa shape index (κ3) is 2.48. The van der Waals surface area contributed by atoms with E-state index >= 15 is 0 Å². The van der Waals surface area contributed by atoms with Crippen LogP contribution in [0.3, 0.4) is 0 Å². The molecule has 2 unspecified atom stereocenters. The van der Waals surface area contributed by atoms with Crippen LogP contribution in [0.25, 0.3) is 0 Å². The number of ether oxygens (including phenoxy) is 1. The number of hydrogen-bond acceptors (Lipinski definition) is 2. The molecule has 0 radical (unpaired) electrons. The normalized spacial score (nSPS) is 30.2. The lowest BCUT2D eigenvalue weighted by atomic mass is 9.66. The van der Waals surface area contributed by atoms with Crippen molar-refractivity contribution in [3.8, 4) is 0 Å². The van der Waals surface area contributed by atoms with Crippen molar-refractivity contribution >= 4 is 5.97 Å². The minimum atomic E-state index is -4.46. The number of carbonyl (C=O) groups is 1. The molecule has 0 aromatic heterocycles. The number of alkyl halides is 3. The summed E-state index contributed by atoms with van der Waals surface area (Å²) in [4.78, 5) is 11.1. The SMILES string of the molecule is COC1(C(F)(F)F)CCCC(C(C)(C)C(=O)O)C1. The molecule has 0 bridgehead atoms. The number of rotatable bonds is 3. The zero-order valence-corrected chi connectivity index (χ0v) is 10.8. The Morgan fingerprint density at radius 1 is 1.39 bits per heavy atom. The topological polar surface area (TPSA) is 46.5 Å². The first-order valence-electron chi connectivity index (χ1n) is 5.92. The molecule has 0 heterocycles. The maximum absolute atomic E-state index is 13.1. The summed E-state index contributed by atoms with van der Waals surface area (Å²) in [6.07, 6.45) is -4.03. The van der Waals surface area contributed by atoms with Crippen LogP contribution in [0.2, 0.25) is 0 Å². The summed E-state index contributed by atoms with van der Waals surface area (Å²) in [6, 6.07) is 0. The van der Waals surface area contributed by atoms with Gasteiger partial charge in [0.05, 0.1) is 5.41 Å². The van der Waals surface area contributed by atoms with Crippen molar-refractivity contribution in [2.24, 2.45) is 11.3 Å². The van der Waals surface area contributed by atoms with E-state index in [-0.39, 0.29) is 12.8 Å². The van der Waals surface area contributed by atoms with Crippen LogP contribution in [0.15, 0.2) is 0 Å². The third-order valence-corrected chi connectivity index (χ3v) is 4.19.